The third kappa shape index (κ3) is 5.25. The molecule has 5 nitrogen and oxygen atoms in total. The number of carbonyl (C=O) groups excluding carboxylic acids is 2. The Morgan fingerprint density at radius 3 is 1.88 bits per heavy atom. The number of carboxylic acids is 1. The summed E-state index contributed by atoms with van der Waals surface area (Å²) in [5, 5.41) is 12.1. The second kappa shape index (κ2) is 10.0. The summed E-state index contributed by atoms with van der Waals surface area (Å²) in [6.07, 6.45) is 1.52. The average Bonchev–Trinajstić information content (AvgIpc) is 2.79. The van der Waals surface area contributed by atoms with E-state index in [2.05, 4.69) is 31.3 Å². The monoisotopic (exact) mass is 455 g/mol. The molecule has 1 aliphatic carbocycles. The van der Waals surface area contributed by atoms with E-state index in [9.17, 15) is 19.5 Å². The predicted octanol–water partition coefficient (Wildman–Crippen LogP) is 5.95. The molecular weight excluding hydrogens is 426 g/mol. The van der Waals surface area contributed by atoms with Crippen molar-refractivity contribution in [3.05, 3.63) is 89.5 Å². The van der Waals surface area contributed by atoms with Gasteiger partial charge >= 0.3 is 5.97 Å². The van der Waals surface area contributed by atoms with E-state index in [1.165, 1.54) is 5.56 Å². The molecule has 0 saturated heterocycles. The maximum absolute atomic E-state index is 12.6. The Balaban J connectivity index is 1.35. The fraction of sp³-hybridized carbons (Fsp3) is 0.276. The summed E-state index contributed by atoms with van der Waals surface area (Å²) in [7, 11) is 0. The molecule has 34 heavy (non-hydrogen) atoms. The van der Waals surface area contributed by atoms with Gasteiger partial charge in [-0.15, -0.1) is 0 Å². The molecule has 2 N–H and O–H groups in total. The van der Waals surface area contributed by atoms with Gasteiger partial charge in [-0.05, 0) is 53.1 Å². The predicted molar refractivity (Wildman–Crippen MR) is 133 cm³/mol. The minimum absolute atomic E-state index is 0.0661. The first kappa shape index (κ1) is 23.4. The first-order valence-corrected chi connectivity index (χ1v) is 11.7. The van der Waals surface area contributed by atoms with Crippen LogP contribution in [0.4, 0.5) is 5.69 Å². The number of anilines is 1. The molecule has 2 atom stereocenters. The van der Waals surface area contributed by atoms with E-state index in [1.54, 1.807) is 12.1 Å². The van der Waals surface area contributed by atoms with Gasteiger partial charge in [0.1, 0.15) is 0 Å². The Morgan fingerprint density at radius 1 is 0.824 bits per heavy atom. The van der Waals surface area contributed by atoms with Crippen LogP contribution in [0.5, 0.6) is 0 Å². The average molecular weight is 456 g/mol. The SMILES string of the molecule is CC(C)c1ccc(CC(=O)Nc2ccc(-c3ccc(C(=O)C4CCC4C(=O)O)cc3)cc2)cc1. The highest BCUT2D eigenvalue weighted by Crippen LogP contribution is 2.37. The second-order valence-corrected chi connectivity index (χ2v) is 9.27. The third-order valence-electron chi connectivity index (χ3n) is 6.61. The lowest BCUT2D eigenvalue weighted by molar-refractivity contribution is -0.146. The van der Waals surface area contributed by atoms with Crippen molar-refractivity contribution in [1.82, 2.24) is 0 Å². The number of hydrogen-bond acceptors (Lipinski definition) is 3. The molecule has 1 aliphatic rings. The van der Waals surface area contributed by atoms with Crippen LogP contribution in [0.3, 0.4) is 0 Å². The summed E-state index contributed by atoms with van der Waals surface area (Å²) < 4.78 is 0. The summed E-state index contributed by atoms with van der Waals surface area (Å²) in [4.78, 5) is 36.2. The van der Waals surface area contributed by atoms with Gasteiger partial charge < -0.3 is 10.4 Å². The molecule has 174 valence electrons. The Hall–Kier alpha value is -3.73. The van der Waals surface area contributed by atoms with E-state index >= 15 is 0 Å². The van der Waals surface area contributed by atoms with Gasteiger partial charge in [0.15, 0.2) is 5.78 Å². The summed E-state index contributed by atoms with van der Waals surface area (Å²) in [5.74, 6) is -1.57. The number of carboxylic acid groups (broad SMARTS) is 1. The molecule has 1 amide bonds. The topological polar surface area (TPSA) is 83.5 Å². The fourth-order valence-corrected chi connectivity index (χ4v) is 4.31. The number of rotatable bonds is 8. The van der Waals surface area contributed by atoms with E-state index < -0.39 is 17.8 Å². The fourth-order valence-electron chi connectivity index (χ4n) is 4.31. The molecule has 2 unspecified atom stereocenters. The minimum Gasteiger partial charge on any atom is -0.481 e. The first-order chi connectivity index (χ1) is 16.3. The van der Waals surface area contributed by atoms with Crippen LogP contribution in [-0.4, -0.2) is 22.8 Å². The maximum Gasteiger partial charge on any atom is 0.307 e. The zero-order valence-corrected chi connectivity index (χ0v) is 19.5. The van der Waals surface area contributed by atoms with Crippen molar-refractivity contribution >= 4 is 23.3 Å². The number of ketones is 1. The van der Waals surface area contributed by atoms with Gasteiger partial charge in [0, 0.05) is 17.2 Å². The number of amides is 1. The smallest absolute Gasteiger partial charge is 0.307 e. The number of hydrogen-bond donors (Lipinski definition) is 2. The van der Waals surface area contributed by atoms with Crippen molar-refractivity contribution in [3.63, 3.8) is 0 Å². The molecular formula is C29H29NO4. The maximum atomic E-state index is 12.6. The lowest BCUT2D eigenvalue weighted by Gasteiger charge is -2.31. The van der Waals surface area contributed by atoms with Crippen molar-refractivity contribution in [2.24, 2.45) is 11.8 Å². The lowest BCUT2D eigenvalue weighted by Crippen LogP contribution is -2.38. The molecule has 4 rings (SSSR count). The Bertz CT molecular complexity index is 1180. The van der Waals surface area contributed by atoms with Gasteiger partial charge in [-0.1, -0.05) is 74.5 Å². The number of Topliss-reactive ketones (excluding diaryl/α,β-unsaturated/α-hetero) is 1. The number of carbonyl (C=O) groups is 3. The molecule has 0 radical (unpaired) electrons. The molecule has 0 aromatic heterocycles. The molecule has 3 aromatic rings. The van der Waals surface area contributed by atoms with Gasteiger partial charge in [-0.3, -0.25) is 14.4 Å². The first-order valence-electron chi connectivity index (χ1n) is 11.7. The number of nitrogens with one attached hydrogen (secondary N) is 1. The lowest BCUT2D eigenvalue weighted by atomic mass is 9.70. The molecule has 1 fully saturated rings. The van der Waals surface area contributed by atoms with Crippen LogP contribution in [0, 0.1) is 11.8 Å². The molecule has 0 aliphatic heterocycles. The highest BCUT2D eigenvalue weighted by Gasteiger charge is 2.41. The minimum atomic E-state index is -0.891. The highest BCUT2D eigenvalue weighted by atomic mass is 16.4. The molecule has 0 spiro atoms. The summed E-state index contributed by atoms with van der Waals surface area (Å²) in [6, 6.07) is 23.0. The van der Waals surface area contributed by atoms with Gasteiger partial charge in [0.05, 0.1) is 12.3 Å². The zero-order valence-electron chi connectivity index (χ0n) is 19.5. The quantitative estimate of drug-likeness (QED) is 0.411. The van der Waals surface area contributed by atoms with E-state index in [0.29, 0.717) is 30.7 Å². The Kier molecular flexibility index (Phi) is 6.92. The number of aliphatic carboxylic acids is 1. The summed E-state index contributed by atoms with van der Waals surface area (Å²) in [5.41, 5.74) is 5.42. The number of benzene rings is 3. The Labute approximate surface area is 199 Å². The highest BCUT2D eigenvalue weighted by molar-refractivity contribution is 6.01. The van der Waals surface area contributed by atoms with E-state index in [4.69, 9.17) is 0 Å². The van der Waals surface area contributed by atoms with Crippen molar-refractivity contribution < 1.29 is 19.5 Å². The van der Waals surface area contributed by atoms with Crippen LogP contribution < -0.4 is 5.32 Å². The van der Waals surface area contributed by atoms with Crippen molar-refractivity contribution in [1.29, 1.82) is 0 Å². The summed E-state index contributed by atoms with van der Waals surface area (Å²) >= 11 is 0. The van der Waals surface area contributed by atoms with Crippen LogP contribution in [0.25, 0.3) is 11.1 Å². The van der Waals surface area contributed by atoms with E-state index in [0.717, 1.165) is 22.4 Å². The summed E-state index contributed by atoms with van der Waals surface area (Å²) in [6.45, 7) is 4.29. The van der Waals surface area contributed by atoms with Crippen LogP contribution in [0.1, 0.15) is 54.1 Å². The van der Waals surface area contributed by atoms with Crippen LogP contribution in [-0.2, 0) is 16.0 Å². The Morgan fingerprint density at radius 2 is 1.38 bits per heavy atom. The van der Waals surface area contributed by atoms with Crippen molar-refractivity contribution in [2.45, 2.75) is 39.0 Å². The van der Waals surface area contributed by atoms with E-state index in [1.807, 2.05) is 48.5 Å². The molecule has 3 aromatic carbocycles. The normalized spacial score (nSPS) is 17.1. The van der Waals surface area contributed by atoms with Gasteiger partial charge in [0.25, 0.3) is 0 Å². The molecule has 5 heteroatoms. The van der Waals surface area contributed by atoms with Crippen molar-refractivity contribution in [2.75, 3.05) is 5.32 Å². The van der Waals surface area contributed by atoms with Gasteiger partial charge in [0.2, 0.25) is 5.91 Å². The molecule has 1 saturated carbocycles. The van der Waals surface area contributed by atoms with Gasteiger partial charge in [-0.25, -0.2) is 0 Å². The van der Waals surface area contributed by atoms with Crippen molar-refractivity contribution in [3.8, 4) is 11.1 Å². The molecule has 0 bridgehead atoms. The van der Waals surface area contributed by atoms with Crippen LogP contribution in [0.15, 0.2) is 72.8 Å². The van der Waals surface area contributed by atoms with E-state index in [-0.39, 0.29) is 11.7 Å². The second-order valence-electron chi connectivity index (χ2n) is 9.27. The molecule has 0 heterocycles. The largest absolute Gasteiger partial charge is 0.481 e. The van der Waals surface area contributed by atoms with Crippen LogP contribution >= 0.6 is 0 Å². The standard InChI is InChI=1S/C29H29NO4/c1-18(2)20-5-3-19(4-6-20)17-27(31)30-24-13-11-22(12-14-24)21-7-9-23(10-8-21)28(32)25-15-16-26(25)29(33)34/h3-14,18,25-26H,15-17H2,1-2H3,(H,30,31)(H,33,34). The van der Waals surface area contributed by atoms with Crippen LogP contribution in [0.2, 0.25) is 0 Å². The third-order valence-corrected chi connectivity index (χ3v) is 6.61. The van der Waals surface area contributed by atoms with Gasteiger partial charge in [-0.2, -0.15) is 0 Å². The zero-order chi connectivity index (χ0) is 24.2.